The zero-order valence-electron chi connectivity index (χ0n) is 9.80. The summed E-state index contributed by atoms with van der Waals surface area (Å²) in [6.07, 6.45) is 4.24. The Morgan fingerprint density at radius 1 is 1.59 bits per heavy atom. The number of hydrogen-bond donors (Lipinski definition) is 3. The average molecular weight is 240 g/mol. The molecule has 0 radical (unpaired) electrons. The Bertz CT molecular complexity index is 402. The van der Waals surface area contributed by atoms with Gasteiger partial charge in [-0.1, -0.05) is 0 Å². The third-order valence-electron chi connectivity index (χ3n) is 2.18. The number of urea groups is 1. The van der Waals surface area contributed by atoms with Crippen molar-refractivity contribution in [3.63, 3.8) is 0 Å². The number of aliphatic carboxylic acids is 1. The highest BCUT2D eigenvalue weighted by atomic mass is 16.4. The van der Waals surface area contributed by atoms with E-state index in [9.17, 15) is 9.59 Å². The fourth-order valence-corrected chi connectivity index (χ4v) is 1.23. The molecule has 7 heteroatoms. The number of carbonyl (C=O) groups is 2. The standard InChI is InChI=1S/C10H16N4O3/c1-7(9(15)16)13-10(17)11-4-3-8-5-12-14(2)6-8/h5-7H,3-4H2,1-2H3,(H,15,16)(H2,11,13,17)/t7-/m0/s1. The molecule has 0 unspecified atom stereocenters. The van der Waals surface area contributed by atoms with Gasteiger partial charge in [0.2, 0.25) is 0 Å². The van der Waals surface area contributed by atoms with Crippen molar-refractivity contribution in [1.29, 1.82) is 0 Å². The molecule has 17 heavy (non-hydrogen) atoms. The van der Waals surface area contributed by atoms with Gasteiger partial charge in [-0.25, -0.2) is 4.79 Å². The first-order chi connectivity index (χ1) is 7.99. The van der Waals surface area contributed by atoms with Crippen molar-refractivity contribution >= 4 is 12.0 Å². The molecule has 1 atom stereocenters. The molecule has 2 amide bonds. The zero-order chi connectivity index (χ0) is 12.8. The van der Waals surface area contributed by atoms with Crippen LogP contribution in [0.5, 0.6) is 0 Å². The maximum Gasteiger partial charge on any atom is 0.325 e. The third kappa shape index (κ3) is 4.54. The van der Waals surface area contributed by atoms with E-state index in [-0.39, 0.29) is 0 Å². The minimum Gasteiger partial charge on any atom is -0.480 e. The second-order valence-corrected chi connectivity index (χ2v) is 3.73. The Labute approximate surface area is 98.8 Å². The summed E-state index contributed by atoms with van der Waals surface area (Å²) in [6.45, 7) is 1.84. The number of nitrogens with zero attached hydrogens (tertiary/aromatic N) is 2. The van der Waals surface area contributed by atoms with Crippen LogP contribution in [0.2, 0.25) is 0 Å². The summed E-state index contributed by atoms with van der Waals surface area (Å²) >= 11 is 0. The molecule has 1 heterocycles. The zero-order valence-corrected chi connectivity index (χ0v) is 9.80. The summed E-state index contributed by atoms with van der Waals surface area (Å²) in [5.41, 5.74) is 1.01. The Kier molecular flexibility index (Phi) is 4.50. The van der Waals surface area contributed by atoms with Crippen molar-refractivity contribution < 1.29 is 14.7 Å². The summed E-state index contributed by atoms with van der Waals surface area (Å²) in [7, 11) is 1.82. The SMILES string of the molecule is C[C@H](NC(=O)NCCc1cnn(C)c1)C(=O)O. The maximum atomic E-state index is 11.2. The first kappa shape index (κ1) is 13.0. The van der Waals surface area contributed by atoms with Crippen LogP contribution in [-0.4, -0.2) is 39.5 Å². The highest BCUT2D eigenvalue weighted by Gasteiger charge is 2.12. The predicted octanol–water partition coefficient (Wildman–Crippen LogP) is -0.265. The van der Waals surface area contributed by atoms with E-state index in [4.69, 9.17) is 5.11 Å². The quantitative estimate of drug-likeness (QED) is 0.660. The molecule has 0 aliphatic heterocycles. The van der Waals surface area contributed by atoms with Gasteiger partial charge in [-0.05, 0) is 18.9 Å². The Morgan fingerprint density at radius 3 is 2.82 bits per heavy atom. The molecular formula is C10H16N4O3. The minimum atomic E-state index is -1.06. The number of nitrogens with one attached hydrogen (secondary N) is 2. The number of hydrogen-bond acceptors (Lipinski definition) is 3. The lowest BCUT2D eigenvalue weighted by Crippen LogP contribution is -2.44. The lowest BCUT2D eigenvalue weighted by molar-refractivity contribution is -0.138. The maximum absolute atomic E-state index is 11.2. The van der Waals surface area contributed by atoms with E-state index in [1.807, 2.05) is 13.2 Å². The van der Waals surface area contributed by atoms with E-state index < -0.39 is 18.0 Å². The van der Waals surface area contributed by atoms with Crippen LogP contribution < -0.4 is 10.6 Å². The molecule has 0 bridgehead atoms. The second kappa shape index (κ2) is 5.88. The summed E-state index contributed by atoms with van der Waals surface area (Å²) < 4.78 is 1.68. The van der Waals surface area contributed by atoms with E-state index in [0.29, 0.717) is 13.0 Å². The molecule has 0 aliphatic rings. The van der Waals surface area contributed by atoms with Crippen molar-refractivity contribution in [1.82, 2.24) is 20.4 Å². The van der Waals surface area contributed by atoms with E-state index in [2.05, 4.69) is 15.7 Å². The van der Waals surface area contributed by atoms with Gasteiger partial charge in [0.15, 0.2) is 0 Å². The average Bonchev–Trinajstić information content (AvgIpc) is 2.64. The van der Waals surface area contributed by atoms with E-state index in [1.54, 1.807) is 10.9 Å². The summed E-state index contributed by atoms with van der Waals surface area (Å²) in [5, 5.41) is 17.5. The van der Waals surface area contributed by atoms with Gasteiger partial charge in [-0.15, -0.1) is 0 Å². The van der Waals surface area contributed by atoms with Crippen molar-refractivity contribution in [3.8, 4) is 0 Å². The van der Waals surface area contributed by atoms with Gasteiger partial charge in [0.25, 0.3) is 0 Å². The number of amides is 2. The lowest BCUT2D eigenvalue weighted by Gasteiger charge is -2.10. The van der Waals surface area contributed by atoms with Gasteiger partial charge in [-0.2, -0.15) is 5.10 Å². The molecule has 0 saturated heterocycles. The minimum absolute atomic E-state index is 0.434. The Balaban J connectivity index is 2.22. The van der Waals surface area contributed by atoms with Gasteiger partial charge in [0.1, 0.15) is 6.04 Å². The normalized spacial score (nSPS) is 11.9. The Hall–Kier alpha value is -2.05. The molecule has 0 aromatic carbocycles. The van der Waals surface area contributed by atoms with Crippen molar-refractivity contribution in [2.75, 3.05) is 6.54 Å². The first-order valence-corrected chi connectivity index (χ1v) is 5.23. The van der Waals surface area contributed by atoms with Crippen LogP contribution in [0.3, 0.4) is 0 Å². The predicted molar refractivity (Wildman–Crippen MR) is 60.5 cm³/mol. The number of aryl methyl sites for hydroxylation is 1. The number of rotatable bonds is 5. The molecule has 0 saturated carbocycles. The van der Waals surface area contributed by atoms with Crippen LogP contribution in [-0.2, 0) is 18.3 Å². The van der Waals surface area contributed by atoms with Gasteiger partial charge >= 0.3 is 12.0 Å². The first-order valence-electron chi connectivity index (χ1n) is 5.23. The monoisotopic (exact) mass is 240 g/mol. The molecule has 7 nitrogen and oxygen atoms in total. The number of carbonyl (C=O) groups excluding carboxylic acids is 1. The van der Waals surface area contributed by atoms with E-state index in [0.717, 1.165) is 5.56 Å². The molecule has 0 fully saturated rings. The number of aromatic nitrogens is 2. The van der Waals surface area contributed by atoms with Gasteiger partial charge in [0.05, 0.1) is 6.20 Å². The van der Waals surface area contributed by atoms with Crippen molar-refractivity contribution in [3.05, 3.63) is 18.0 Å². The topological polar surface area (TPSA) is 96.3 Å². The molecule has 0 aliphatic carbocycles. The van der Waals surface area contributed by atoms with Crippen LogP contribution in [0.25, 0.3) is 0 Å². The largest absolute Gasteiger partial charge is 0.480 e. The fraction of sp³-hybridized carbons (Fsp3) is 0.500. The van der Waals surface area contributed by atoms with Crippen LogP contribution in [0, 0.1) is 0 Å². The summed E-state index contributed by atoms with van der Waals surface area (Å²) in [6, 6.07) is -1.38. The van der Waals surface area contributed by atoms with Crippen molar-refractivity contribution in [2.45, 2.75) is 19.4 Å². The number of carboxylic acid groups (broad SMARTS) is 1. The Morgan fingerprint density at radius 2 is 2.29 bits per heavy atom. The molecular weight excluding hydrogens is 224 g/mol. The third-order valence-corrected chi connectivity index (χ3v) is 2.18. The molecule has 3 N–H and O–H groups in total. The lowest BCUT2D eigenvalue weighted by atomic mass is 10.2. The van der Waals surface area contributed by atoms with E-state index >= 15 is 0 Å². The highest BCUT2D eigenvalue weighted by Crippen LogP contribution is 1.95. The smallest absolute Gasteiger partial charge is 0.325 e. The highest BCUT2D eigenvalue weighted by molar-refractivity contribution is 5.82. The molecule has 0 spiro atoms. The van der Waals surface area contributed by atoms with Gasteiger partial charge in [-0.3, -0.25) is 9.48 Å². The van der Waals surface area contributed by atoms with Crippen LogP contribution in [0.4, 0.5) is 4.79 Å². The summed E-state index contributed by atoms with van der Waals surface area (Å²) in [4.78, 5) is 21.7. The van der Waals surface area contributed by atoms with Crippen LogP contribution >= 0.6 is 0 Å². The van der Waals surface area contributed by atoms with Crippen LogP contribution in [0.15, 0.2) is 12.4 Å². The molecule has 94 valence electrons. The van der Waals surface area contributed by atoms with E-state index in [1.165, 1.54) is 6.92 Å². The second-order valence-electron chi connectivity index (χ2n) is 3.73. The van der Waals surface area contributed by atoms with Gasteiger partial charge < -0.3 is 15.7 Å². The molecule has 1 aromatic rings. The van der Waals surface area contributed by atoms with Crippen molar-refractivity contribution in [2.24, 2.45) is 7.05 Å². The van der Waals surface area contributed by atoms with Crippen LogP contribution in [0.1, 0.15) is 12.5 Å². The summed E-state index contributed by atoms with van der Waals surface area (Å²) in [5.74, 6) is -1.06. The number of carboxylic acids is 1. The fourth-order valence-electron chi connectivity index (χ4n) is 1.23. The van der Waals surface area contributed by atoms with Gasteiger partial charge in [0, 0.05) is 19.8 Å². The molecule has 1 aromatic heterocycles. The molecule has 1 rings (SSSR count).